The predicted octanol–water partition coefficient (Wildman–Crippen LogP) is 4.31. The van der Waals surface area contributed by atoms with Gasteiger partial charge in [-0.15, -0.1) is 0 Å². The molecule has 0 spiro atoms. The highest BCUT2D eigenvalue weighted by Gasteiger charge is 2.15. The second kappa shape index (κ2) is 9.24. The number of nitrogens with two attached hydrogens (primary N) is 1. The first-order valence-corrected chi connectivity index (χ1v) is 8.18. The minimum absolute atomic E-state index is 0.380. The fraction of sp³-hybridized carbons (Fsp3) is 0.688. The molecule has 1 amide bonds. The van der Waals surface area contributed by atoms with Gasteiger partial charge in [-0.25, -0.2) is 0 Å². The van der Waals surface area contributed by atoms with Crippen molar-refractivity contribution in [3.8, 4) is 0 Å². The van der Waals surface area contributed by atoms with Crippen LogP contribution in [0.2, 0.25) is 0 Å². The van der Waals surface area contributed by atoms with Gasteiger partial charge < -0.3 is 5.73 Å². The standard InChI is InChI=1S/C16H29NOS/c1-13(10-7-11-16(3,4)19-5)8-6-9-14(2)12-15(17)18/h6,9,12-13H,7-8,10-11H2,1-5H3,(H2,17,18). The Morgan fingerprint density at radius 2 is 2.05 bits per heavy atom. The molecule has 0 rings (SSSR count). The first kappa shape index (κ1) is 18.3. The van der Waals surface area contributed by atoms with Crippen molar-refractivity contribution in [1.29, 1.82) is 0 Å². The largest absolute Gasteiger partial charge is 0.366 e. The number of carbonyl (C=O) groups excluding carboxylic acids is 1. The molecule has 19 heavy (non-hydrogen) atoms. The number of allylic oxidation sites excluding steroid dienone is 3. The molecule has 0 radical (unpaired) electrons. The average Bonchev–Trinajstić information content (AvgIpc) is 2.27. The van der Waals surface area contributed by atoms with Gasteiger partial charge in [0.15, 0.2) is 0 Å². The van der Waals surface area contributed by atoms with Crippen molar-refractivity contribution in [2.24, 2.45) is 11.7 Å². The summed E-state index contributed by atoms with van der Waals surface area (Å²) in [5.41, 5.74) is 6.01. The molecule has 1 atom stereocenters. The van der Waals surface area contributed by atoms with Crippen LogP contribution in [0, 0.1) is 5.92 Å². The van der Waals surface area contributed by atoms with Gasteiger partial charge in [-0.2, -0.15) is 11.8 Å². The van der Waals surface area contributed by atoms with Crippen LogP contribution in [0.5, 0.6) is 0 Å². The van der Waals surface area contributed by atoms with Crippen molar-refractivity contribution in [1.82, 2.24) is 0 Å². The summed E-state index contributed by atoms with van der Waals surface area (Å²) in [6.45, 7) is 8.79. The first-order chi connectivity index (χ1) is 8.76. The van der Waals surface area contributed by atoms with Gasteiger partial charge >= 0.3 is 0 Å². The van der Waals surface area contributed by atoms with Crippen LogP contribution in [0.15, 0.2) is 23.8 Å². The number of carbonyl (C=O) groups is 1. The van der Waals surface area contributed by atoms with E-state index in [1.54, 1.807) is 0 Å². The van der Waals surface area contributed by atoms with Gasteiger partial charge in [-0.3, -0.25) is 4.79 Å². The van der Waals surface area contributed by atoms with E-state index in [0.717, 1.165) is 12.0 Å². The Bertz CT molecular complexity index is 332. The van der Waals surface area contributed by atoms with Gasteiger partial charge in [0.1, 0.15) is 0 Å². The third-order valence-electron chi connectivity index (χ3n) is 3.32. The number of hydrogen-bond acceptors (Lipinski definition) is 2. The Morgan fingerprint density at radius 1 is 1.42 bits per heavy atom. The van der Waals surface area contributed by atoms with Gasteiger partial charge in [-0.05, 0) is 37.5 Å². The Labute approximate surface area is 122 Å². The van der Waals surface area contributed by atoms with Crippen LogP contribution in [0.1, 0.15) is 53.4 Å². The molecular formula is C16H29NOS. The molecular weight excluding hydrogens is 254 g/mol. The maximum atomic E-state index is 10.7. The summed E-state index contributed by atoms with van der Waals surface area (Å²) in [5, 5.41) is 0. The zero-order valence-corrected chi connectivity index (χ0v) is 13.8. The molecule has 0 bridgehead atoms. The molecule has 2 N–H and O–H groups in total. The molecule has 2 nitrogen and oxygen atoms in total. The monoisotopic (exact) mass is 283 g/mol. The van der Waals surface area contributed by atoms with E-state index in [0.29, 0.717) is 10.7 Å². The van der Waals surface area contributed by atoms with Crippen molar-refractivity contribution in [2.75, 3.05) is 6.26 Å². The van der Waals surface area contributed by atoms with Crippen LogP contribution in [0.25, 0.3) is 0 Å². The highest BCUT2D eigenvalue weighted by Crippen LogP contribution is 2.28. The summed E-state index contributed by atoms with van der Waals surface area (Å²) in [6, 6.07) is 0. The van der Waals surface area contributed by atoms with Gasteiger partial charge in [0, 0.05) is 10.8 Å². The lowest BCUT2D eigenvalue weighted by molar-refractivity contribution is -0.113. The lowest BCUT2D eigenvalue weighted by Gasteiger charge is -2.22. The van der Waals surface area contributed by atoms with E-state index in [4.69, 9.17) is 5.73 Å². The highest BCUT2D eigenvalue weighted by atomic mass is 32.2. The second-order valence-electron chi connectivity index (χ2n) is 5.89. The Balaban J connectivity index is 3.91. The van der Waals surface area contributed by atoms with E-state index in [9.17, 15) is 4.79 Å². The third-order valence-corrected chi connectivity index (χ3v) is 4.63. The van der Waals surface area contributed by atoms with Crippen molar-refractivity contribution in [2.45, 2.75) is 58.1 Å². The van der Waals surface area contributed by atoms with Crippen molar-refractivity contribution in [3.63, 3.8) is 0 Å². The summed E-state index contributed by atoms with van der Waals surface area (Å²) in [5.74, 6) is 0.310. The van der Waals surface area contributed by atoms with E-state index < -0.39 is 0 Å². The fourth-order valence-electron chi connectivity index (χ4n) is 1.85. The third kappa shape index (κ3) is 10.9. The lowest BCUT2D eigenvalue weighted by Crippen LogP contribution is -2.13. The van der Waals surface area contributed by atoms with E-state index >= 15 is 0 Å². The Morgan fingerprint density at radius 3 is 2.58 bits per heavy atom. The number of hydrogen-bond donors (Lipinski definition) is 1. The molecule has 1 unspecified atom stereocenters. The summed E-state index contributed by atoms with van der Waals surface area (Å²) in [7, 11) is 0. The molecule has 0 heterocycles. The fourth-order valence-corrected chi connectivity index (χ4v) is 2.20. The predicted molar refractivity (Wildman–Crippen MR) is 87.3 cm³/mol. The number of amides is 1. The normalized spacial score (nSPS) is 14.9. The topological polar surface area (TPSA) is 43.1 Å². The van der Waals surface area contributed by atoms with Crippen LogP contribution in [0.3, 0.4) is 0 Å². The number of primary amides is 1. The van der Waals surface area contributed by atoms with Crippen molar-refractivity contribution in [3.05, 3.63) is 23.8 Å². The Kier molecular flexibility index (Phi) is 8.90. The van der Waals surface area contributed by atoms with E-state index in [1.165, 1.54) is 25.3 Å². The van der Waals surface area contributed by atoms with E-state index in [-0.39, 0.29) is 5.91 Å². The maximum absolute atomic E-state index is 10.7. The smallest absolute Gasteiger partial charge is 0.241 e. The SMILES string of the molecule is CSC(C)(C)CCCC(C)CC=CC(C)=CC(N)=O. The summed E-state index contributed by atoms with van der Waals surface area (Å²) >= 11 is 1.94. The van der Waals surface area contributed by atoms with Crippen molar-refractivity contribution >= 4 is 17.7 Å². The summed E-state index contributed by atoms with van der Waals surface area (Å²) in [6.07, 6.45) is 12.6. The molecule has 0 saturated carbocycles. The van der Waals surface area contributed by atoms with Gasteiger partial charge in [-0.1, -0.05) is 45.8 Å². The van der Waals surface area contributed by atoms with Crippen LogP contribution in [0.4, 0.5) is 0 Å². The quantitative estimate of drug-likeness (QED) is 0.506. The molecule has 0 fully saturated rings. The molecule has 110 valence electrons. The summed E-state index contributed by atoms with van der Waals surface area (Å²) in [4.78, 5) is 10.7. The highest BCUT2D eigenvalue weighted by molar-refractivity contribution is 7.99. The minimum atomic E-state index is -0.380. The molecule has 0 saturated heterocycles. The van der Waals surface area contributed by atoms with Crippen molar-refractivity contribution < 1.29 is 4.79 Å². The second-order valence-corrected chi connectivity index (χ2v) is 7.40. The molecule has 3 heteroatoms. The minimum Gasteiger partial charge on any atom is -0.366 e. The van der Waals surface area contributed by atoms with Gasteiger partial charge in [0.05, 0.1) is 0 Å². The molecule has 0 aromatic heterocycles. The lowest BCUT2D eigenvalue weighted by atomic mass is 9.96. The van der Waals surface area contributed by atoms with Gasteiger partial charge in [0.25, 0.3) is 0 Å². The van der Waals surface area contributed by atoms with Crippen LogP contribution < -0.4 is 5.73 Å². The van der Waals surface area contributed by atoms with Gasteiger partial charge in [0.2, 0.25) is 5.91 Å². The summed E-state index contributed by atoms with van der Waals surface area (Å²) < 4.78 is 0.399. The molecule has 0 aromatic rings. The molecule has 0 aliphatic heterocycles. The molecule has 0 aliphatic carbocycles. The molecule has 0 aromatic carbocycles. The Hall–Kier alpha value is -0.700. The van der Waals surface area contributed by atoms with Crippen LogP contribution in [-0.4, -0.2) is 16.9 Å². The number of thioether (sulfide) groups is 1. The van der Waals surface area contributed by atoms with Crippen LogP contribution in [-0.2, 0) is 4.79 Å². The molecule has 0 aliphatic rings. The number of rotatable bonds is 9. The van der Waals surface area contributed by atoms with Crippen LogP contribution >= 0.6 is 11.8 Å². The average molecular weight is 283 g/mol. The zero-order valence-electron chi connectivity index (χ0n) is 13.0. The van der Waals surface area contributed by atoms with E-state index in [1.807, 2.05) is 24.8 Å². The van der Waals surface area contributed by atoms with E-state index in [2.05, 4.69) is 33.1 Å². The first-order valence-electron chi connectivity index (χ1n) is 6.96. The zero-order chi connectivity index (χ0) is 14.9. The maximum Gasteiger partial charge on any atom is 0.241 e.